The summed E-state index contributed by atoms with van der Waals surface area (Å²) in [6, 6.07) is 0. The number of carbonyl (C=O) groups excluding carboxylic acids is 2. The number of ketones is 2. The maximum absolute atomic E-state index is 9.97. The maximum atomic E-state index is 9.97. The van der Waals surface area contributed by atoms with Gasteiger partial charge in [-0.25, -0.2) is 18.9 Å². The molecule has 0 amide bonds. The molecule has 0 rings (SSSR count). The summed E-state index contributed by atoms with van der Waals surface area (Å²) < 4.78 is 13.5. The lowest BCUT2D eigenvalue weighted by Gasteiger charge is -2.03. The van der Waals surface area contributed by atoms with E-state index in [4.69, 9.17) is 30.2 Å². The third-order valence-corrected chi connectivity index (χ3v) is 1.78. The van der Waals surface area contributed by atoms with Gasteiger partial charge >= 0.3 is 31.7 Å². The summed E-state index contributed by atoms with van der Waals surface area (Å²) in [5.41, 5.74) is 0. The van der Waals surface area contributed by atoms with Crippen LogP contribution in [0.15, 0.2) is 12.3 Å². The van der Waals surface area contributed by atoms with E-state index in [1.807, 2.05) is 0 Å². The van der Waals surface area contributed by atoms with E-state index in [9.17, 15) is 33.3 Å². The molecule has 0 aliphatic heterocycles. The van der Waals surface area contributed by atoms with Gasteiger partial charge in [0.2, 0.25) is 11.5 Å². The second-order valence-electron chi connectivity index (χ2n) is 3.47. The maximum Gasteiger partial charge on any atom is 0.525 e. The van der Waals surface area contributed by atoms with Gasteiger partial charge in [0.1, 0.15) is 6.42 Å². The molecule has 0 aliphatic carbocycles. The highest BCUT2D eigenvalue weighted by Gasteiger charge is 2.20. The molecule has 142 valence electrons. The second-order valence-corrected chi connectivity index (χ2v) is 4.63. The SMILES string of the molecule is C=C(OP(=O)(O)O)C(=O)O.CC(=O)C(=O)O.O=C(O)CC(=O)C(=O)O. The Morgan fingerprint density at radius 1 is 0.880 bits per heavy atom. The van der Waals surface area contributed by atoms with Crippen LogP contribution in [0.5, 0.6) is 0 Å². The highest BCUT2D eigenvalue weighted by Crippen LogP contribution is 2.38. The zero-order chi connectivity index (χ0) is 21.0. The lowest BCUT2D eigenvalue weighted by Crippen LogP contribution is -2.16. The van der Waals surface area contributed by atoms with Crippen molar-refractivity contribution in [1.82, 2.24) is 0 Å². The van der Waals surface area contributed by atoms with Crippen LogP contribution in [-0.2, 0) is 37.9 Å². The van der Waals surface area contributed by atoms with Gasteiger partial charge in [0, 0.05) is 6.92 Å². The summed E-state index contributed by atoms with van der Waals surface area (Å²) in [5.74, 6) is -9.23. The van der Waals surface area contributed by atoms with Crippen LogP contribution in [0.25, 0.3) is 0 Å². The van der Waals surface area contributed by atoms with Gasteiger partial charge in [-0.3, -0.25) is 24.2 Å². The van der Waals surface area contributed by atoms with Crippen molar-refractivity contribution in [2.75, 3.05) is 0 Å². The standard InChI is InChI=1S/C4H4O5.C3H5O6P.C3H4O3/c5-2(4(8)9)1-3(6)7;1-2(3(4)5)9-10(6,7)8;1-2(4)3(5)6/h1H2,(H,6,7)(H,8,9);1H2,(H,4,5)(H2,6,7,8);1H3,(H,5,6). The van der Waals surface area contributed by atoms with Crippen LogP contribution < -0.4 is 0 Å². The average molecular weight is 388 g/mol. The first-order valence-electron chi connectivity index (χ1n) is 5.40. The quantitative estimate of drug-likeness (QED) is 0.0951. The molecule has 0 unspecified atom stereocenters. The van der Waals surface area contributed by atoms with Gasteiger partial charge in [-0.1, -0.05) is 0 Å². The smallest absolute Gasteiger partial charge is 0.481 e. The van der Waals surface area contributed by atoms with Gasteiger partial charge in [0.15, 0.2) is 0 Å². The van der Waals surface area contributed by atoms with E-state index < -0.39 is 55.4 Å². The molecule has 0 aromatic rings. The van der Waals surface area contributed by atoms with Gasteiger partial charge in [-0.2, -0.15) is 0 Å². The summed E-state index contributed by atoms with van der Waals surface area (Å²) in [6.07, 6.45) is -0.949. The van der Waals surface area contributed by atoms with Crippen LogP contribution >= 0.6 is 7.82 Å². The summed E-state index contributed by atoms with van der Waals surface area (Å²) in [6.45, 7) is 3.73. The first-order chi connectivity index (χ1) is 11.0. The van der Waals surface area contributed by atoms with Gasteiger partial charge < -0.3 is 24.9 Å². The Morgan fingerprint density at radius 2 is 1.24 bits per heavy atom. The van der Waals surface area contributed by atoms with E-state index in [1.54, 1.807) is 0 Å². The van der Waals surface area contributed by atoms with Crippen molar-refractivity contribution in [2.45, 2.75) is 13.3 Å². The Bertz CT molecular complexity index is 599. The van der Waals surface area contributed by atoms with E-state index in [-0.39, 0.29) is 0 Å². The number of phosphoric ester groups is 1. The van der Waals surface area contributed by atoms with Crippen molar-refractivity contribution < 1.29 is 68.1 Å². The van der Waals surface area contributed by atoms with Gasteiger partial charge in [-0.15, -0.1) is 0 Å². The Balaban J connectivity index is -0.000000300. The van der Waals surface area contributed by atoms with E-state index in [1.165, 1.54) is 0 Å². The zero-order valence-electron chi connectivity index (χ0n) is 12.3. The van der Waals surface area contributed by atoms with Crippen LogP contribution in [0.1, 0.15) is 13.3 Å². The van der Waals surface area contributed by atoms with Crippen molar-refractivity contribution in [1.29, 1.82) is 0 Å². The summed E-state index contributed by atoms with van der Waals surface area (Å²) in [4.78, 5) is 73.9. The number of carboxylic acid groups (broad SMARTS) is 4. The highest BCUT2D eigenvalue weighted by molar-refractivity contribution is 7.46. The van der Waals surface area contributed by atoms with Crippen LogP contribution in [0.4, 0.5) is 0 Å². The monoisotopic (exact) mass is 388 g/mol. The Hall–Kier alpha value is -3.09. The highest BCUT2D eigenvalue weighted by atomic mass is 31.2. The van der Waals surface area contributed by atoms with E-state index in [2.05, 4.69) is 11.1 Å². The van der Waals surface area contributed by atoms with E-state index in [0.717, 1.165) is 6.92 Å². The van der Waals surface area contributed by atoms with Crippen LogP contribution in [-0.4, -0.2) is 65.7 Å². The molecule has 15 heteroatoms. The fourth-order valence-electron chi connectivity index (χ4n) is 0.396. The van der Waals surface area contributed by atoms with E-state index >= 15 is 0 Å². The number of hydrogen-bond acceptors (Lipinski definition) is 8. The number of carboxylic acids is 4. The molecule has 0 bridgehead atoms. The minimum Gasteiger partial charge on any atom is -0.481 e. The van der Waals surface area contributed by atoms with Crippen molar-refractivity contribution >= 4 is 43.3 Å². The van der Waals surface area contributed by atoms with Gasteiger partial charge in [0.05, 0.1) is 0 Å². The largest absolute Gasteiger partial charge is 0.525 e. The summed E-state index contributed by atoms with van der Waals surface area (Å²) in [7, 11) is -4.76. The van der Waals surface area contributed by atoms with Gasteiger partial charge in [-0.05, 0) is 6.58 Å². The molecule has 14 nitrogen and oxygen atoms in total. The summed E-state index contributed by atoms with van der Waals surface area (Å²) in [5, 5.41) is 31.3. The van der Waals surface area contributed by atoms with Crippen molar-refractivity contribution in [3.8, 4) is 0 Å². The minimum absolute atomic E-state index is 0.824. The molecule has 0 heterocycles. The molecule has 6 N–H and O–H groups in total. The zero-order valence-corrected chi connectivity index (χ0v) is 13.2. The molecular formula is C10H13O14P. The number of hydrogen-bond donors (Lipinski definition) is 6. The molecule has 0 fully saturated rings. The molecule has 0 spiro atoms. The van der Waals surface area contributed by atoms with E-state index in [0.29, 0.717) is 0 Å². The molecule has 0 saturated heterocycles. The molecule has 25 heavy (non-hydrogen) atoms. The fourth-order valence-corrected chi connectivity index (χ4v) is 0.761. The normalized spacial score (nSPS) is 9.08. The predicted molar refractivity (Wildman–Crippen MR) is 73.1 cm³/mol. The molecule has 0 atom stereocenters. The van der Waals surface area contributed by atoms with Crippen molar-refractivity contribution in [3.63, 3.8) is 0 Å². The Morgan fingerprint density at radius 3 is 1.32 bits per heavy atom. The Labute approximate surface area is 138 Å². The molecule has 0 radical (unpaired) electrons. The molecular weight excluding hydrogens is 375 g/mol. The first kappa shape index (κ1) is 26.8. The Kier molecular flexibility index (Phi) is 13.2. The number of phosphoric acid groups is 1. The minimum atomic E-state index is -4.76. The topological polar surface area (TPSA) is 250 Å². The van der Waals surface area contributed by atoms with Crippen LogP contribution in [0, 0.1) is 0 Å². The lowest BCUT2D eigenvalue weighted by molar-refractivity contribution is -0.152. The third kappa shape index (κ3) is 23.3. The predicted octanol–water partition coefficient (Wildman–Crippen LogP) is -1.53. The van der Waals surface area contributed by atoms with Crippen LogP contribution in [0.3, 0.4) is 0 Å². The molecule has 0 saturated carbocycles. The number of Topliss-reactive ketones (excluding diaryl/α,β-unsaturated/α-hetero) is 2. The first-order valence-corrected chi connectivity index (χ1v) is 6.93. The third-order valence-electron chi connectivity index (χ3n) is 1.32. The summed E-state index contributed by atoms with van der Waals surface area (Å²) >= 11 is 0. The molecule has 0 aromatic heterocycles. The fraction of sp³-hybridized carbons (Fsp3) is 0.200. The average Bonchev–Trinajstić information content (AvgIpc) is 2.36. The van der Waals surface area contributed by atoms with Crippen molar-refractivity contribution in [3.05, 3.63) is 12.3 Å². The number of aliphatic carboxylic acids is 4. The van der Waals surface area contributed by atoms with Gasteiger partial charge in [0.25, 0.3) is 5.78 Å². The molecule has 0 aliphatic rings. The number of carbonyl (C=O) groups is 6. The molecule has 0 aromatic carbocycles. The number of rotatable bonds is 7. The second kappa shape index (κ2) is 12.3. The van der Waals surface area contributed by atoms with Crippen molar-refractivity contribution in [2.24, 2.45) is 0 Å². The lowest BCUT2D eigenvalue weighted by atomic mass is 10.3. The van der Waals surface area contributed by atoms with Crippen LogP contribution in [0.2, 0.25) is 0 Å².